The fraction of sp³-hybridized carbons (Fsp3) is 0.500. The molecule has 0 saturated heterocycles. The summed E-state index contributed by atoms with van der Waals surface area (Å²) in [7, 11) is 3.67. The Hall–Kier alpha value is -1.35. The molecule has 0 aliphatic rings. The number of ether oxygens (including phenoxy) is 1. The molecule has 1 atom stereocenters. The SMILES string of the molecule is C=CCC(Cc1ncc(C)c(OC)c1C)NC. The Morgan fingerprint density at radius 2 is 2.24 bits per heavy atom. The van der Waals surface area contributed by atoms with Gasteiger partial charge in [0.1, 0.15) is 5.75 Å². The molecule has 0 aliphatic carbocycles. The molecule has 0 radical (unpaired) electrons. The van der Waals surface area contributed by atoms with E-state index in [2.05, 4.69) is 23.8 Å². The van der Waals surface area contributed by atoms with Crippen LogP contribution in [0.2, 0.25) is 0 Å². The minimum Gasteiger partial charge on any atom is -0.496 e. The Kier molecular flexibility index (Phi) is 5.16. The summed E-state index contributed by atoms with van der Waals surface area (Å²) >= 11 is 0. The maximum Gasteiger partial charge on any atom is 0.128 e. The quantitative estimate of drug-likeness (QED) is 0.768. The summed E-state index contributed by atoms with van der Waals surface area (Å²) in [6.45, 7) is 7.86. The summed E-state index contributed by atoms with van der Waals surface area (Å²) in [5, 5.41) is 3.28. The largest absolute Gasteiger partial charge is 0.496 e. The van der Waals surface area contributed by atoms with Crippen molar-refractivity contribution in [3.63, 3.8) is 0 Å². The third-order valence-electron chi connectivity index (χ3n) is 3.05. The monoisotopic (exact) mass is 234 g/mol. The highest BCUT2D eigenvalue weighted by Crippen LogP contribution is 2.24. The number of hydrogen-bond donors (Lipinski definition) is 1. The van der Waals surface area contributed by atoms with Crippen molar-refractivity contribution in [3.8, 4) is 5.75 Å². The predicted molar refractivity (Wildman–Crippen MR) is 71.6 cm³/mol. The van der Waals surface area contributed by atoms with Crippen LogP contribution in [0.25, 0.3) is 0 Å². The molecule has 0 bridgehead atoms. The molecule has 1 N–H and O–H groups in total. The minimum atomic E-state index is 0.381. The standard InChI is InChI=1S/C14H22N2O/c1-6-7-12(15-4)8-13-11(3)14(17-5)10(2)9-16-13/h6,9,12,15H,1,7-8H2,2-5H3. The first-order valence-electron chi connectivity index (χ1n) is 5.91. The molecular formula is C14H22N2O. The molecule has 17 heavy (non-hydrogen) atoms. The van der Waals surface area contributed by atoms with E-state index < -0.39 is 0 Å². The number of aromatic nitrogens is 1. The van der Waals surface area contributed by atoms with Crippen LogP contribution in [0.3, 0.4) is 0 Å². The van der Waals surface area contributed by atoms with Crippen LogP contribution in [-0.4, -0.2) is 25.2 Å². The molecule has 0 saturated carbocycles. The highest BCUT2D eigenvalue weighted by Gasteiger charge is 2.13. The molecule has 1 aromatic rings. The van der Waals surface area contributed by atoms with Crippen molar-refractivity contribution in [3.05, 3.63) is 35.7 Å². The van der Waals surface area contributed by atoms with E-state index in [0.29, 0.717) is 6.04 Å². The zero-order valence-corrected chi connectivity index (χ0v) is 11.2. The molecule has 0 aliphatic heterocycles. The second-order valence-corrected chi connectivity index (χ2v) is 4.26. The Balaban J connectivity index is 2.94. The second-order valence-electron chi connectivity index (χ2n) is 4.26. The van der Waals surface area contributed by atoms with Gasteiger partial charge in [-0.2, -0.15) is 0 Å². The minimum absolute atomic E-state index is 0.381. The molecule has 3 heteroatoms. The van der Waals surface area contributed by atoms with Crippen LogP contribution in [0, 0.1) is 13.8 Å². The van der Waals surface area contributed by atoms with Crippen LogP contribution in [0.4, 0.5) is 0 Å². The molecule has 0 aromatic carbocycles. The first-order chi connectivity index (χ1) is 8.13. The van der Waals surface area contributed by atoms with Gasteiger partial charge in [-0.3, -0.25) is 4.98 Å². The van der Waals surface area contributed by atoms with Crippen LogP contribution in [-0.2, 0) is 6.42 Å². The summed E-state index contributed by atoms with van der Waals surface area (Å²) in [4.78, 5) is 4.50. The third kappa shape index (κ3) is 3.30. The normalized spacial score (nSPS) is 12.2. The number of nitrogens with one attached hydrogen (secondary N) is 1. The second kappa shape index (κ2) is 6.40. The van der Waals surface area contributed by atoms with E-state index in [0.717, 1.165) is 35.4 Å². The third-order valence-corrected chi connectivity index (χ3v) is 3.05. The van der Waals surface area contributed by atoms with Crippen LogP contribution >= 0.6 is 0 Å². The van der Waals surface area contributed by atoms with Crippen LogP contribution in [0.15, 0.2) is 18.9 Å². The summed E-state index contributed by atoms with van der Waals surface area (Å²) < 4.78 is 5.41. The number of methoxy groups -OCH3 is 1. The Morgan fingerprint density at radius 3 is 2.76 bits per heavy atom. The van der Waals surface area contributed by atoms with E-state index in [4.69, 9.17) is 4.74 Å². The van der Waals surface area contributed by atoms with E-state index in [1.807, 2.05) is 26.2 Å². The number of aryl methyl sites for hydroxylation is 1. The van der Waals surface area contributed by atoms with Crippen LogP contribution in [0.1, 0.15) is 23.2 Å². The van der Waals surface area contributed by atoms with Crippen molar-refractivity contribution in [1.82, 2.24) is 10.3 Å². The Bertz CT molecular complexity index is 388. The number of nitrogens with zero attached hydrogens (tertiary/aromatic N) is 1. The van der Waals surface area contributed by atoms with E-state index >= 15 is 0 Å². The van der Waals surface area contributed by atoms with Crippen molar-refractivity contribution >= 4 is 0 Å². The summed E-state index contributed by atoms with van der Waals surface area (Å²) in [6, 6.07) is 0.381. The molecule has 3 nitrogen and oxygen atoms in total. The van der Waals surface area contributed by atoms with Gasteiger partial charge in [0.15, 0.2) is 0 Å². The summed E-state index contributed by atoms with van der Waals surface area (Å²) in [5.74, 6) is 0.948. The first-order valence-corrected chi connectivity index (χ1v) is 5.91. The van der Waals surface area contributed by atoms with E-state index in [-0.39, 0.29) is 0 Å². The molecule has 1 rings (SSSR count). The average Bonchev–Trinajstić information content (AvgIpc) is 2.32. The zero-order chi connectivity index (χ0) is 12.8. The number of rotatable bonds is 6. The van der Waals surface area contributed by atoms with Crippen molar-refractivity contribution in [1.29, 1.82) is 0 Å². The van der Waals surface area contributed by atoms with Crippen LogP contribution < -0.4 is 10.1 Å². The highest BCUT2D eigenvalue weighted by molar-refractivity contribution is 5.41. The van der Waals surface area contributed by atoms with Gasteiger partial charge in [0.05, 0.1) is 7.11 Å². The lowest BCUT2D eigenvalue weighted by Gasteiger charge is -2.17. The molecule has 0 amide bonds. The summed E-state index contributed by atoms with van der Waals surface area (Å²) in [6.07, 6.45) is 5.64. The fourth-order valence-corrected chi connectivity index (χ4v) is 2.01. The molecule has 1 unspecified atom stereocenters. The maximum absolute atomic E-state index is 5.41. The lowest BCUT2D eigenvalue weighted by molar-refractivity contribution is 0.406. The highest BCUT2D eigenvalue weighted by atomic mass is 16.5. The van der Waals surface area contributed by atoms with Gasteiger partial charge in [-0.25, -0.2) is 0 Å². The number of pyridine rings is 1. The lowest BCUT2D eigenvalue weighted by Crippen LogP contribution is -2.27. The molecule has 0 spiro atoms. The van der Waals surface area contributed by atoms with Crippen molar-refractivity contribution in [2.45, 2.75) is 32.7 Å². The van der Waals surface area contributed by atoms with Gasteiger partial charge in [-0.15, -0.1) is 6.58 Å². The fourth-order valence-electron chi connectivity index (χ4n) is 2.01. The average molecular weight is 234 g/mol. The lowest BCUT2D eigenvalue weighted by atomic mass is 10.0. The van der Waals surface area contributed by atoms with Gasteiger partial charge in [0, 0.05) is 35.5 Å². The van der Waals surface area contributed by atoms with E-state index in [1.165, 1.54) is 0 Å². The van der Waals surface area contributed by atoms with Crippen molar-refractivity contribution < 1.29 is 4.74 Å². The number of hydrogen-bond acceptors (Lipinski definition) is 3. The van der Waals surface area contributed by atoms with Gasteiger partial charge in [0.25, 0.3) is 0 Å². The molecular weight excluding hydrogens is 212 g/mol. The van der Waals surface area contributed by atoms with Crippen molar-refractivity contribution in [2.75, 3.05) is 14.2 Å². The smallest absolute Gasteiger partial charge is 0.128 e. The Labute approximate surface area is 104 Å². The molecule has 94 valence electrons. The van der Waals surface area contributed by atoms with Crippen molar-refractivity contribution in [2.24, 2.45) is 0 Å². The zero-order valence-electron chi connectivity index (χ0n) is 11.2. The number of likely N-dealkylation sites (N-methyl/N-ethyl adjacent to an activating group) is 1. The Morgan fingerprint density at radius 1 is 1.53 bits per heavy atom. The van der Waals surface area contributed by atoms with Gasteiger partial charge < -0.3 is 10.1 Å². The summed E-state index contributed by atoms with van der Waals surface area (Å²) in [5.41, 5.74) is 3.31. The topological polar surface area (TPSA) is 34.1 Å². The van der Waals surface area contributed by atoms with Crippen LogP contribution in [0.5, 0.6) is 5.75 Å². The molecule has 1 aromatic heterocycles. The van der Waals surface area contributed by atoms with E-state index in [9.17, 15) is 0 Å². The van der Waals surface area contributed by atoms with Gasteiger partial charge in [-0.1, -0.05) is 6.08 Å². The van der Waals surface area contributed by atoms with Gasteiger partial charge >= 0.3 is 0 Å². The van der Waals surface area contributed by atoms with Gasteiger partial charge in [-0.05, 0) is 27.3 Å². The van der Waals surface area contributed by atoms with Gasteiger partial charge in [0.2, 0.25) is 0 Å². The molecule has 1 heterocycles. The van der Waals surface area contributed by atoms with E-state index in [1.54, 1.807) is 7.11 Å². The predicted octanol–water partition coefficient (Wildman–Crippen LogP) is 2.41. The first kappa shape index (κ1) is 13.7. The molecule has 0 fully saturated rings. The maximum atomic E-state index is 5.41.